The maximum absolute atomic E-state index is 13.9. The molecule has 0 N–H and O–H groups in total. The van der Waals surface area contributed by atoms with Gasteiger partial charge in [0.1, 0.15) is 19.0 Å². The number of aldehydes is 1. The number of hydrogen-bond acceptors (Lipinski definition) is 6. The Labute approximate surface area is 242 Å². The third-order valence-electron chi connectivity index (χ3n) is 7.46. The predicted octanol–water partition coefficient (Wildman–Crippen LogP) is 4.83. The minimum Gasteiger partial charge on any atom is -0.458 e. The van der Waals surface area contributed by atoms with E-state index in [9.17, 15) is 19.2 Å². The van der Waals surface area contributed by atoms with Gasteiger partial charge in [0.05, 0.1) is 17.5 Å². The van der Waals surface area contributed by atoms with Crippen LogP contribution in [0.15, 0.2) is 84.9 Å². The van der Waals surface area contributed by atoms with Crippen LogP contribution in [0.25, 0.3) is 0 Å². The summed E-state index contributed by atoms with van der Waals surface area (Å²) in [6, 6.07) is 27.0. The van der Waals surface area contributed by atoms with Gasteiger partial charge >= 0.3 is 12.1 Å². The lowest BCUT2D eigenvalue weighted by molar-refractivity contribution is -0.139. The molecule has 1 heterocycles. The van der Waals surface area contributed by atoms with Gasteiger partial charge in [0.25, 0.3) is 0 Å². The molecule has 3 aromatic carbocycles. The maximum Gasteiger partial charge on any atom is 0.416 e. The van der Waals surface area contributed by atoms with Crippen LogP contribution in [0.3, 0.4) is 0 Å². The van der Waals surface area contributed by atoms with Gasteiger partial charge in [-0.25, -0.2) is 14.5 Å². The smallest absolute Gasteiger partial charge is 0.416 e. The molecule has 1 saturated heterocycles. The molecule has 3 aromatic rings. The van der Waals surface area contributed by atoms with Crippen molar-refractivity contribution in [3.63, 3.8) is 0 Å². The van der Waals surface area contributed by atoms with E-state index in [4.69, 9.17) is 9.47 Å². The standard InChI is InChI=1S/C33H36NO6P/c1-22(2)28-21-39-33(38)34(28)31(36)24(4)30(23(3)19-20-35)40-32(37)27-17-11-12-18-29(27)41(25-13-7-5-8-14-25)26-15-9-6-10-16-26/h5-18,20,22-24,28,30H,19,21H2,1-4H3/t23-,24+,28+,30+/m1/s1. The lowest BCUT2D eigenvalue weighted by Gasteiger charge is -2.32. The molecule has 0 radical (unpaired) electrons. The number of ether oxygens (including phenoxy) is 2. The molecule has 41 heavy (non-hydrogen) atoms. The Kier molecular flexibility index (Phi) is 10.1. The lowest BCUT2D eigenvalue weighted by atomic mass is 9.89. The fourth-order valence-corrected chi connectivity index (χ4v) is 7.58. The maximum atomic E-state index is 13.9. The average molecular weight is 574 g/mol. The third kappa shape index (κ3) is 6.74. The summed E-state index contributed by atoms with van der Waals surface area (Å²) in [4.78, 5) is 52.7. The van der Waals surface area contributed by atoms with Gasteiger partial charge in [0.2, 0.25) is 5.91 Å². The molecule has 0 aliphatic carbocycles. The minimum atomic E-state index is -1.09. The van der Waals surface area contributed by atoms with Crippen molar-refractivity contribution in [2.24, 2.45) is 17.8 Å². The molecular formula is C33H36NO6P. The molecule has 8 heteroatoms. The van der Waals surface area contributed by atoms with Gasteiger partial charge in [0.15, 0.2) is 0 Å². The lowest BCUT2D eigenvalue weighted by Crippen LogP contribution is -2.48. The van der Waals surface area contributed by atoms with Crippen molar-refractivity contribution in [2.45, 2.75) is 46.3 Å². The van der Waals surface area contributed by atoms with Crippen LogP contribution in [-0.4, -0.2) is 47.9 Å². The van der Waals surface area contributed by atoms with E-state index in [1.165, 1.54) is 0 Å². The first kappa shape index (κ1) is 30.1. The van der Waals surface area contributed by atoms with E-state index >= 15 is 0 Å². The summed E-state index contributed by atoms with van der Waals surface area (Å²) in [5, 5.41) is 2.99. The van der Waals surface area contributed by atoms with Crippen LogP contribution in [-0.2, 0) is 19.1 Å². The highest BCUT2D eigenvalue weighted by molar-refractivity contribution is 7.80. The van der Waals surface area contributed by atoms with Crippen molar-refractivity contribution in [3.05, 3.63) is 90.5 Å². The van der Waals surface area contributed by atoms with E-state index in [0.29, 0.717) is 5.56 Å². The van der Waals surface area contributed by atoms with Crippen molar-refractivity contribution in [3.8, 4) is 0 Å². The fourth-order valence-electron chi connectivity index (χ4n) is 5.15. The Morgan fingerprint density at radius 1 is 0.927 bits per heavy atom. The number of esters is 1. The number of hydrogen-bond donors (Lipinski definition) is 0. The summed E-state index contributed by atoms with van der Waals surface area (Å²) in [5.41, 5.74) is 0.398. The summed E-state index contributed by atoms with van der Waals surface area (Å²) in [6.45, 7) is 7.36. The van der Waals surface area contributed by atoms with Crippen LogP contribution >= 0.6 is 7.92 Å². The van der Waals surface area contributed by atoms with E-state index in [2.05, 4.69) is 24.3 Å². The number of cyclic esters (lactones) is 1. The number of nitrogens with zero attached hydrogens (tertiary/aromatic N) is 1. The molecule has 0 spiro atoms. The Balaban J connectivity index is 1.69. The molecule has 214 valence electrons. The van der Waals surface area contributed by atoms with Gasteiger partial charge in [0, 0.05) is 12.3 Å². The van der Waals surface area contributed by atoms with Crippen LogP contribution in [0.2, 0.25) is 0 Å². The molecule has 4 rings (SSSR count). The average Bonchev–Trinajstić information content (AvgIpc) is 3.38. The Bertz CT molecular complexity index is 1320. The van der Waals surface area contributed by atoms with Crippen LogP contribution in [0, 0.1) is 17.8 Å². The number of benzene rings is 3. The van der Waals surface area contributed by atoms with E-state index < -0.39 is 49.9 Å². The molecule has 0 bridgehead atoms. The normalized spacial score (nSPS) is 17.2. The van der Waals surface area contributed by atoms with Gasteiger partial charge < -0.3 is 14.3 Å². The molecule has 4 atom stereocenters. The summed E-state index contributed by atoms with van der Waals surface area (Å²) in [6.07, 6.45) is -0.790. The highest BCUT2D eigenvalue weighted by Gasteiger charge is 2.44. The van der Waals surface area contributed by atoms with Crippen molar-refractivity contribution in [2.75, 3.05) is 6.61 Å². The monoisotopic (exact) mass is 573 g/mol. The van der Waals surface area contributed by atoms with Crippen molar-refractivity contribution < 1.29 is 28.7 Å². The van der Waals surface area contributed by atoms with Gasteiger partial charge in [-0.1, -0.05) is 99.6 Å². The summed E-state index contributed by atoms with van der Waals surface area (Å²) >= 11 is 0. The quantitative estimate of drug-likeness (QED) is 0.185. The predicted molar refractivity (Wildman–Crippen MR) is 160 cm³/mol. The highest BCUT2D eigenvalue weighted by Crippen LogP contribution is 2.35. The van der Waals surface area contributed by atoms with Crippen LogP contribution in [0.5, 0.6) is 0 Å². The number of rotatable bonds is 11. The SMILES string of the molecule is CC(C)[C@@H]1COC(=O)N1C(=O)[C@@H](C)[C@@H](OC(=O)c1ccccc1P(c1ccccc1)c1ccccc1)[C@H](C)CC=O. The third-order valence-corrected chi connectivity index (χ3v) is 9.96. The van der Waals surface area contributed by atoms with E-state index in [1.807, 2.05) is 62.4 Å². The van der Waals surface area contributed by atoms with Gasteiger partial charge in [-0.2, -0.15) is 0 Å². The molecule has 1 fully saturated rings. The van der Waals surface area contributed by atoms with E-state index in [1.54, 1.807) is 26.0 Å². The molecule has 0 aromatic heterocycles. The van der Waals surface area contributed by atoms with E-state index in [0.717, 1.165) is 27.1 Å². The molecule has 7 nitrogen and oxygen atoms in total. The largest absolute Gasteiger partial charge is 0.458 e. The van der Waals surface area contributed by atoms with Crippen LogP contribution < -0.4 is 15.9 Å². The van der Waals surface area contributed by atoms with Gasteiger partial charge in [-0.05, 0) is 42.7 Å². The molecule has 0 unspecified atom stereocenters. The Morgan fingerprint density at radius 2 is 1.49 bits per heavy atom. The molecular weight excluding hydrogens is 537 g/mol. The molecule has 1 aliphatic heterocycles. The minimum absolute atomic E-state index is 0.00639. The summed E-state index contributed by atoms with van der Waals surface area (Å²) in [7, 11) is -1.09. The number of amides is 2. The second-order valence-corrected chi connectivity index (χ2v) is 12.8. The zero-order valence-corrected chi connectivity index (χ0v) is 24.7. The second kappa shape index (κ2) is 13.7. The van der Waals surface area contributed by atoms with Crippen LogP contribution in [0.4, 0.5) is 4.79 Å². The first-order valence-corrected chi connectivity index (χ1v) is 15.2. The van der Waals surface area contributed by atoms with Gasteiger partial charge in [-0.15, -0.1) is 0 Å². The second-order valence-electron chi connectivity index (χ2n) is 10.7. The first-order valence-electron chi connectivity index (χ1n) is 13.9. The van der Waals surface area contributed by atoms with Crippen molar-refractivity contribution >= 4 is 48.1 Å². The number of imide groups is 1. The topological polar surface area (TPSA) is 90.0 Å². The summed E-state index contributed by atoms with van der Waals surface area (Å²) < 4.78 is 11.3. The molecule has 0 saturated carbocycles. The van der Waals surface area contributed by atoms with E-state index in [-0.39, 0.29) is 18.9 Å². The molecule has 1 aliphatic rings. The zero-order chi connectivity index (χ0) is 29.5. The van der Waals surface area contributed by atoms with Crippen molar-refractivity contribution in [1.82, 2.24) is 4.90 Å². The zero-order valence-electron chi connectivity index (χ0n) is 23.8. The summed E-state index contributed by atoms with van der Waals surface area (Å²) in [5.74, 6) is -2.40. The Hall–Kier alpha value is -3.83. The highest BCUT2D eigenvalue weighted by atomic mass is 31.1. The van der Waals surface area contributed by atoms with Crippen molar-refractivity contribution in [1.29, 1.82) is 0 Å². The Morgan fingerprint density at radius 3 is 2.05 bits per heavy atom. The fraction of sp³-hybridized carbons (Fsp3) is 0.333. The number of carbonyl (C=O) groups excluding carboxylic acids is 4. The van der Waals surface area contributed by atoms with Gasteiger partial charge in [-0.3, -0.25) is 4.79 Å². The first-order chi connectivity index (χ1) is 19.7. The molecule has 2 amide bonds. The van der Waals surface area contributed by atoms with Crippen LogP contribution in [0.1, 0.15) is 44.5 Å². The number of carbonyl (C=O) groups is 4.